The lowest BCUT2D eigenvalue weighted by molar-refractivity contribution is -0.274. The molecule has 10 heteroatoms. The van der Waals surface area contributed by atoms with Crippen molar-refractivity contribution in [3.8, 4) is 11.5 Å². The van der Waals surface area contributed by atoms with E-state index in [1.165, 1.54) is 19.2 Å². The van der Waals surface area contributed by atoms with Gasteiger partial charge >= 0.3 is 6.36 Å². The van der Waals surface area contributed by atoms with Crippen LogP contribution in [0.5, 0.6) is 11.5 Å². The van der Waals surface area contributed by atoms with Crippen molar-refractivity contribution in [1.82, 2.24) is 4.57 Å². The number of hydrogen-bond acceptors (Lipinski definition) is 4. The number of hydrogen-bond donors (Lipinski definition) is 1. The fourth-order valence-electron chi connectivity index (χ4n) is 3.92. The van der Waals surface area contributed by atoms with Crippen LogP contribution in [0.4, 0.5) is 18.9 Å². The summed E-state index contributed by atoms with van der Waals surface area (Å²) < 4.78 is 48.7. The molecule has 0 unspecified atom stereocenters. The Labute approximate surface area is 209 Å². The number of ketones is 1. The van der Waals surface area contributed by atoms with E-state index in [0.29, 0.717) is 33.9 Å². The average Bonchev–Trinajstić information content (AvgIpc) is 3.09. The highest BCUT2D eigenvalue weighted by atomic mass is 35.5. The number of nitrogens with one attached hydrogen (secondary N) is 1. The molecule has 4 rings (SSSR count). The van der Waals surface area contributed by atoms with Crippen molar-refractivity contribution in [2.75, 3.05) is 12.4 Å². The van der Waals surface area contributed by atoms with Gasteiger partial charge in [0.2, 0.25) is 0 Å². The number of carbonyl (C=O) groups is 2. The van der Waals surface area contributed by atoms with Crippen molar-refractivity contribution in [2.24, 2.45) is 0 Å². The SMILES string of the molecule is COc1ccc2c(c1)c(C(=O)C(=O)Nc1cccc(OC(F)(F)F)c1)c(C)n2Cc1ccc(Cl)cc1. The first-order valence-corrected chi connectivity index (χ1v) is 11.1. The molecule has 0 atom stereocenters. The van der Waals surface area contributed by atoms with Gasteiger partial charge in [-0.15, -0.1) is 13.2 Å². The number of rotatable bonds is 7. The number of halogens is 4. The van der Waals surface area contributed by atoms with E-state index >= 15 is 0 Å². The second kappa shape index (κ2) is 9.94. The summed E-state index contributed by atoms with van der Waals surface area (Å²) in [5.41, 5.74) is 2.33. The number of nitrogens with zero attached hydrogens (tertiary/aromatic N) is 1. The molecule has 1 N–H and O–H groups in total. The molecular formula is C26H20ClF3N2O4. The molecule has 0 radical (unpaired) electrons. The number of Topliss-reactive ketones (excluding diaryl/α,β-unsaturated/α-hetero) is 1. The summed E-state index contributed by atoms with van der Waals surface area (Å²) in [6.45, 7) is 2.14. The first-order valence-electron chi connectivity index (χ1n) is 10.7. The van der Waals surface area contributed by atoms with Crippen molar-refractivity contribution >= 4 is 39.9 Å². The van der Waals surface area contributed by atoms with Crippen molar-refractivity contribution in [3.05, 3.63) is 88.6 Å². The number of ether oxygens (including phenoxy) is 2. The standard InChI is InChI=1S/C26H20ClF3N2O4/c1-15-23(24(33)25(34)31-18-4-3-5-20(12-18)36-26(28,29)30)21-13-19(35-2)10-11-22(21)32(15)14-16-6-8-17(27)9-7-16/h3-13H,14H2,1-2H3,(H,31,34). The van der Waals surface area contributed by atoms with E-state index in [1.807, 2.05) is 16.7 Å². The fourth-order valence-corrected chi connectivity index (χ4v) is 4.05. The normalized spacial score (nSPS) is 11.4. The Morgan fingerprint density at radius 3 is 2.39 bits per heavy atom. The first-order chi connectivity index (χ1) is 17.1. The maximum absolute atomic E-state index is 13.3. The van der Waals surface area contributed by atoms with Crippen LogP contribution in [0.3, 0.4) is 0 Å². The van der Waals surface area contributed by atoms with Gasteiger partial charge in [0.15, 0.2) is 0 Å². The van der Waals surface area contributed by atoms with Crippen molar-refractivity contribution < 1.29 is 32.2 Å². The molecule has 36 heavy (non-hydrogen) atoms. The van der Waals surface area contributed by atoms with Crippen LogP contribution in [0.15, 0.2) is 66.7 Å². The largest absolute Gasteiger partial charge is 0.573 e. The molecule has 4 aromatic rings. The minimum absolute atomic E-state index is 0.0183. The molecule has 0 aliphatic heterocycles. The van der Waals surface area contributed by atoms with E-state index in [-0.39, 0.29) is 11.3 Å². The molecule has 0 fully saturated rings. The Hall–Kier alpha value is -3.98. The summed E-state index contributed by atoms with van der Waals surface area (Å²) in [5, 5.41) is 3.46. The van der Waals surface area contributed by atoms with Crippen LogP contribution < -0.4 is 14.8 Å². The molecule has 0 aliphatic carbocycles. The van der Waals surface area contributed by atoms with Crippen molar-refractivity contribution in [2.45, 2.75) is 19.8 Å². The summed E-state index contributed by atoms with van der Waals surface area (Å²) in [7, 11) is 1.49. The van der Waals surface area contributed by atoms with Gasteiger partial charge in [0, 0.05) is 39.9 Å². The Kier molecular flexibility index (Phi) is 6.94. The summed E-state index contributed by atoms with van der Waals surface area (Å²) in [6, 6.07) is 17.2. The third kappa shape index (κ3) is 5.46. The van der Waals surface area contributed by atoms with Gasteiger partial charge in [-0.25, -0.2) is 0 Å². The Bertz CT molecular complexity index is 1450. The third-order valence-corrected chi connectivity index (χ3v) is 5.80. The van der Waals surface area contributed by atoms with Crippen LogP contribution in [0.25, 0.3) is 10.9 Å². The highest BCUT2D eigenvalue weighted by molar-refractivity contribution is 6.48. The van der Waals surface area contributed by atoms with Crippen LogP contribution in [-0.4, -0.2) is 29.7 Å². The number of aromatic nitrogens is 1. The van der Waals surface area contributed by atoms with Gasteiger partial charge in [0.05, 0.1) is 12.7 Å². The molecule has 1 aromatic heterocycles. The van der Waals surface area contributed by atoms with Crippen LogP contribution in [-0.2, 0) is 11.3 Å². The van der Waals surface area contributed by atoms with E-state index < -0.39 is 23.8 Å². The molecule has 0 aliphatic rings. The first kappa shape index (κ1) is 25.1. The second-order valence-electron chi connectivity index (χ2n) is 7.91. The predicted molar refractivity (Wildman–Crippen MR) is 130 cm³/mol. The van der Waals surface area contributed by atoms with E-state index in [4.69, 9.17) is 16.3 Å². The number of carbonyl (C=O) groups excluding carboxylic acids is 2. The van der Waals surface area contributed by atoms with Gasteiger partial charge in [0.1, 0.15) is 11.5 Å². The lowest BCUT2D eigenvalue weighted by atomic mass is 10.1. The zero-order chi connectivity index (χ0) is 26.0. The molecule has 0 spiro atoms. The second-order valence-corrected chi connectivity index (χ2v) is 8.35. The maximum atomic E-state index is 13.3. The van der Waals surface area contributed by atoms with Crippen LogP contribution >= 0.6 is 11.6 Å². The lowest BCUT2D eigenvalue weighted by Crippen LogP contribution is -2.24. The van der Waals surface area contributed by atoms with Crippen LogP contribution in [0.1, 0.15) is 21.6 Å². The molecule has 0 saturated heterocycles. The summed E-state index contributed by atoms with van der Waals surface area (Å²) in [6.07, 6.45) is -4.89. The number of fused-ring (bicyclic) bond motifs is 1. The summed E-state index contributed by atoms with van der Waals surface area (Å²) in [4.78, 5) is 26.2. The Morgan fingerprint density at radius 1 is 1.00 bits per heavy atom. The van der Waals surface area contributed by atoms with Gasteiger partial charge in [-0.1, -0.05) is 29.8 Å². The van der Waals surface area contributed by atoms with Crippen molar-refractivity contribution in [3.63, 3.8) is 0 Å². The van der Waals surface area contributed by atoms with E-state index in [1.54, 1.807) is 37.3 Å². The summed E-state index contributed by atoms with van der Waals surface area (Å²) in [5.74, 6) is -1.87. The zero-order valence-corrected chi connectivity index (χ0v) is 19.9. The van der Waals surface area contributed by atoms with E-state index in [2.05, 4.69) is 10.1 Å². The lowest BCUT2D eigenvalue weighted by Gasteiger charge is -2.11. The molecule has 1 heterocycles. The van der Waals surface area contributed by atoms with E-state index in [0.717, 1.165) is 17.7 Å². The molecule has 1 amide bonds. The number of methoxy groups -OCH3 is 1. The van der Waals surface area contributed by atoms with Gasteiger partial charge in [-0.3, -0.25) is 9.59 Å². The fraction of sp³-hybridized carbons (Fsp3) is 0.154. The predicted octanol–water partition coefficient (Wildman–Crippen LogP) is 6.38. The van der Waals surface area contributed by atoms with Gasteiger partial charge < -0.3 is 19.4 Å². The zero-order valence-electron chi connectivity index (χ0n) is 19.2. The quantitative estimate of drug-likeness (QED) is 0.228. The number of benzene rings is 3. The van der Waals surface area contributed by atoms with E-state index in [9.17, 15) is 22.8 Å². The Balaban J connectivity index is 1.69. The molecule has 6 nitrogen and oxygen atoms in total. The average molecular weight is 517 g/mol. The minimum Gasteiger partial charge on any atom is -0.497 e. The monoisotopic (exact) mass is 516 g/mol. The highest BCUT2D eigenvalue weighted by Gasteiger charge is 2.31. The molecule has 3 aromatic carbocycles. The van der Waals surface area contributed by atoms with Gasteiger partial charge in [-0.2, -0.15) is 0 Å². The molecule has 0 saturated carbocycles. The van der Waals surface area contributed by atoms with Gasteiger partial charge in [0.25, 0.3) is 11.7 Å². The Morgan fingerprint density at radius 2 is 1.72 bits per heavy atom. The molecular weight excluding hydrogens is 497 g/mol. The topological polar surface area (TPSA) is 69.6 Å². The summed E-state index contributed by atoms with van der Waals surface area (Å²) >= 11 is 5.99. The number of amides is 1. The third-order valence-electron chi connectivity index (χ3n) is 5.54. The van der Waals surface area contributed by atoms with Crippen LogP contribution in [0.2, 0.25) is 5.02 Å². The smallest absolute Gasteiger partial charge is 0.497 e. The minimum atomic E-state index is -4.89. The molecule has 186 valence electrons. The van der Waals surface area contributed by atoms with Crippen LogP contribution in [0, 0.1) is 6.92 Å². The van der Waals surface area contributed by atoms with Crippen molar-refractivity contribution in [1.29, 1.82) is 0 Å². The number of alkyl halides is 3. The highest BCUT2D eigenvalue weighted by Crippen LogP contribution is 2.31. The van der Waals surface area contributed by atoms with Gasteiger partial charge in [-0.05, 0) is 55.0 Å². The molecule has 0 bridgehead atoms. The maximum Gasteiger partial charge on any atom is 0.573 e. The number of anilines is 1.